The summed E-state index contributed by atoms with van der Waals surface area (Å²) < 4.78 is 18.4. The molecule has 1 N–H and O–H groups in total. The summed E-state index contributed by atoms with van der Waals surface area (Å²) >= 11 is 1.44. The van der Waals surface area contributed by atoms with E-state index in [2.05, 4.69) is 5.32 Å². The largest absolute Gasteiger partial charge is 0.462 e. The summed E-state index contributed by atoms with van der Waals surface area (Å²) in [7, 11) is 0. The molecule has 0 atom stereocenters. The normalized spacial score (nSPS) is 13.5. The Balaban J connectivity index is 1.81. The van der Waals surface area contributed by atoms with Gasteiger partial charge in [-0.2, -0.15) is 0 Å². The lowest BCUT2D eigenvalue weighted by atomic mass is 9.95. The summed E-state index contributed by atoms with van der Waals surface area (Å²) in [6, 6.07) is 5.98. The van der Waals surface area contributed by atoms with Gasteiger partial charge in [0, 0.05) is 11.0 Å². The number of ether oxygens (including phenoxy) is 1. The van der Waals surface area contributed by atoms with Crippen LogP contribution >= 0.6 is 11.3 Å². The average molecular weight is 373 g/mol. The zero-order valence-electron chi connectivity index (χ0n) is 14.5. The van der Waals surface area contributed by atoms with Crippen molar-refractivity contribution in [3.63, 3.8) is 0 Å². The van der Waals surface area contributed by atoms with Gasteiger partial charge in [-0.25, -0.2) is 9.18 Å². The van der Waals surface area contributed by atoms with E-state index in [9.17, 15) is 14.0 Å². The van der Waals surface area contributed by atoms with Crippen molar-refractivity contribution in [2.24, 2.45) is 0 Å². The predicted molar refractivity (Wildman–Crippen MR) is 101 cm³/mol. The molecule has 0 fully saturated rings. The zero-order valence-corrected chi connectivity index (χ0v) is 15.3. The lowest BCUT2D eigenvalue weighted by Crippen LogP contribution is -2.14. The van der Waals surface area contributed by atoms with Gasteiger partial charge in [0.1, 0.15) is 10.8 Å². The second-order valence-corrected chi connectivity index (χ2v) is 7.12. The van der Waals surface area contributed by atoms with Gasteiger partial charge in [-0.1, -0.05) is 12.1 Å². The molecule has 1 heterocycles. The van der Waals surface area contributed by atoms with Crippen LogP contribution in [-0.2, 0) is 22.4 Å². The SMILES string of the molecule is CCOC(=O)c1c(NC(=O)C=Cc2cccc(F)c2)sc2c1CCCC2. The Labute approximate surface area is 155 Å². The maximum Gasteiger partial charge on any atom is 0.341 e. The van der Waals surface area contributed by atoms with Gasteiger partial charge in [-0.3, -0.25) is 4.79 Å². The number of hydrogen-bond acceptors (Lipinski definition) is 4. The smallest absolute Gasteiger partial charge is 0.341 e. The molecule has 0 spiro atoms. The summed E-state index contributed by atoms with van der Waals surface area (Å²) in [5, 5.41) is 3.32. The zero-order chi connectivity index (χ0) is 18.5. The Morgan fingerprint density at radius 2 is 2.12 bits per heavy atom. The third-order valence-corrected chi connectivity index (χ3v) is 5.37. The number of hydrogen-bond donors (Lipinski definition) is 1. The maximum absolute atomic E-state index is 13.2. The molecule has 0 saturated carbocycles. The van der Waals surface area contributed by atoms with E-state index in [1.807, 2.05) is 0 Å². The highest BCUT2D eigenvalue weighted by molar-refractivity contribution is 7.17. The summed E-state index contributed by atoms with van der Waals surface area (Å²) in [5.41, 5.74) is 2.08. The number of carbonyl (C=O) groups excluding carboxylic acids is 2. The molecule has 136 valence electrons. The molecule has 4 nitrogen and oxygen atoms in total. The van der Waals surface area contributed by atoms with E-state index < -0.39 is 5.97 Å². The van der Waals surface area contributed by atoms with E-state index >= 15 is 0 Å². The summed E-state index contributed by atoms with van der Waals surface area (Å²) in [5.74, 6) is -1.11. The first-order valence-electron chi connectivity index (χ1n) is 8.64. The van der Waals surface area contributed by atoms with Crippen molar-refractivity contribution in [3.8, 4) is 0 Å². The second kappa shape index (κ2) is 8.27. The van der Waals surface area contributed by atoms with Crippen LogP contribution in [0.15, 0.2) is 30.3 Å². The third-order valence-electron chi connectivity index (χ3n) is 4.16. The highest BCUT2D eigenvalue weighted by atomic mass is 32.1. The fraction of sp³-hybridized carbons (Fsp3) is 0.300. The Kier molecular flexibility index (Phi) is 5.83. The second-order valence-electron chi connectivity index (χ2n) is 6.01. The molecule has 0 saturated heterocycles. The molecule has 0 bridgehead atoms. The van der Waals surface area contributed by atoms with Crippen LogP contribution in [0.25, 0.3) is 6.08 Å². The molecule has 1 amide bonds. The molecular formula is C20H20FNO3S. The first kappa shape index (κ1) is 18.3. The molecule has 1 aromatic heterocycles. The Morgan fingerprint density at radius 3 is 2.88 bits per heavy atom. The van der Waals surface area contributed by atoms with Crippen LogP contribution in [-0.4, -0.2) is 18.5 Å². The number of benzene rings is 1. The minimum atomic E-state index is -0.392. The van der Waals surface area contributed by atoms with Gasteiger partial charge in [-0.05, 0) is 61.9 Å². The lowest BCUT2D eigenvalue weighted by Gasteiger charge is -2.12. The van der Waals surface area contributed by atoms with Crippen molar-refractivity contribution < 1.29 is 18.7 Å². The lowest BCUT2D eigenvalue weighted by molar-refractivity contribution is -0.111. The van der Waals surface area contributed by atoms with Gasteiger partial charge in [0.05, 0.1) is 12.2 Å². The van der Waals surface area contributed by atoms with Crippen LogP contribution in [0.1, 0.15) is 46.1 Å². The molecule has 0 aliphatic heterocycles. The number of thiophene rings is 1. The number of anilines is 1. The number of fused-ring (bicyclic) bond motifs is 1. The molecule has 1 aliphatic rings. The Morgan fingerprint density at radius 1 is 1.31 bits per heavy atom. The van der Waals surface area contributed by atoms with Gasteiger partial charge in [0.15, 0.2) is 0 Å². The average Bonchev–Trinajstić information content (AvgIpc) is 2.98. The quantitative estimate of drug-likeness (QED) is 0.616. The van der Waals surface area contributed by atoms with E-state index in [1.165, 1.54) is 35.6 Å². The van der Waals surface area contributed by atoms with Gasteiger partial charge in [0.25, 0.3) is 0 Å². The van der Waals surface area contributed by atoms with Crippen LogP contribution in [0.3, 0.4) is 0 Å². The summed E-state index contributed by atoms with van der Waals surface area (Å²) in [4.78, 5) is 25.8. The first-order valence-corrected chi connectivity index (χ1v) is 9.46. The Hall–Kier alpha value is -2.47. The number of nitrogens with one attached hydrogen (secondary N) is 1. The van der Waals surface area contributed by atoms with Crippen molar-refractivity contribution in [2.45, 2.75) is 32.6 Å². The van der Waals surface area contributed by atoms with Crippen molar-refractivity contribution in [3.05, 3.63) is 57.7 Å². The third kappa shape index (κ3) is 4.19. The van der Waals surface area contributed by atoms with Crippen molar-refractivity contribution >= 4 is 34.3 Å². The van der Waals surface area contributed by atoms with Crippen molar-refractivity contribution in [1.82, 2.24) is 0 Å². The minimum absolute atomic E-state index is 0.288. The molecule has 1 aromatic carbocycles. The van der Waals surface area contributed by atoms with Gasteiger partial charge in [0.2, 0.25) is 5.91 Å². The highest BCUT2D eigenvalue weighted by Crippen LogP contribution is 2.38. The number of halogens is 1. The van der Waals surface area contributed by atoms with Gasteiger partial charge >= 0.3 is 5.97 Å². The van der Waals surface area contributed by atoms with Crippen molar-refractivity contribution in [2.75, 3.05) is 11.9 Å². The van der Waals surface area contributed by atoms with Crippen LogP contribution in [0.4, 0.5) is 9.39 Å². The number of carbonyl (C=O) groups is 2. The fourth-order valence-electron chi connectivity index (χ4n) is 3.01. The Bertz CT molecular complexity index is 857. The number of aryl methyl sites for hydroxylation is 1. The van der Waals surface area contributed by atoms with E-state index in [-0.39, 0.29) is 18.3 Å². The molecule has 0 radical (unpaired) electrons. The minimum Gasteiger partial charge on any atom is -0.462 e. The van der Waals surface area contributed by atoms with E-state index in [0.29, 0.717) is 16.1 Å². The van der Waals surface area contributed by atoms with E-state index in [1.54, 1.807) is 19.1 Å². The maximum atomic E-state index is 13.2. The van der Waals surface area contributed by atoms with Gasteiger partial charge < -0.3 is 10.1 Å². The number of esters is 1. The number of amides is 1. The summed E-state index contributed by atoms with van der Waals surface area (Å²) in [6.45, 7) is 2.05. The summed E-state index contributed by atoms with van der Waals surface area (Å²) in [6.07, 6.45) is 6.74. The molecular weight excluding hydrogens is 353 g/mol. The predicted octanol–water partition coefficient (Wildman–Crippen LogP) is 4.59. The molecule has 2 aromatic rings. The topological polar surface area (TPSA) is 55.4 Å². The van der Waals surface area contributed by atoms with E-state index in [0.717, 1.165) is 36.1 Å². The van der Waals surface area contributed by atoms with Crippen molar-refractivity contribution in [1.29, 1.82) is 0 Å². The van der Waals surface area contributed by atoms with Crippen LogP contribution in [0, 0.1) is 5.82 Å². The number of rotatable bonds is 5. The fourth-order valence-corrected chi connectivity index (χ4v) is 4.29. The van der Waals surface area contributed by atoms with E-state index in [4.69, 9.17) is 4.74 Å². The monoisotopic (exact) mass is 373 g/mol. The molecule has 6 heteroatoms. The molecule has 26 heavy (non-hydrogen) atoms. The van der Waals surface area contributed by atoms with Crippen LogP contribution in [0.2, 0.25) is 0 Å². The van der Waals surface area contributed by atoms with Gasteiger partial charge in [-0.15, -0.1) is 11.3 Å². The molecule has 1 aliphatic carbocycles. The molecule has 3 rings (SSSR count). The first-order chi connectivity index (χ1) is 12.6. The van der Waals surface area contributed by atoms with Crippen LogP contribution < -0.4 is 5.32 Å². The standard InChI is InChI=1S/C20H20FNO3S/c1-2-25-20(24)18-15-8-3-4-9-16(15)26-19(18)22-17(23)11-10-13-6-5-7-14(21)12-13/h5-7,10-12H,2-4,8-9H2,1H3,(H,22,23). The highest BCUT2D eigenvalue weighted by Gasteiger charge is 2.26. The van der Waals surface area contributed by atoms with Crippen LogP contribution in [0.5, 0.6) is 0 Å². The molecule has 0 unspecified atom stereocenters.